The Bertz CT molecular complexity index is 150. The quantitative estimate of drug-likeness (QED) is 0.643. The number of hydrogen-bond acceptors (Lipinski definition) is 3. The van der Waals surface area contributed by atoms with Crippen molar-refractivity contribution in [3.05, 3.63) is 12.3 Å². The van der Waals surface area contributed by atoms with Crippen molar-refractivity contribution in [3.63, 3.8) is 0 Å². The van der Waals surface area contributed by atoms with E-state index >= 15 is 0 Å². The minimum Gasteiger partial charge on any atom is -0.365 e. The summed E-state index contributed by atoms with van der Waals surface area (Å²) in [6.45, 7) is 0.249. The molecule has 0 saturated heterocycles. The molecule has 4 heteroatoms. The van der Waals surface area contributed by atoms with E-state index in [1.54, 1.807) is 6.07 Å². The number of anilines is 1. The predicted octanol–water partition coefficient (Wildman–Crippen LogP) is 0.517. The highest BCUT2D eigenvalue weighted by molar-refractivity contribution is 5.29. The van der Waals surface area contributed by atoms with Crippen molar-refractivity contribution in [2.75, 3.05) is 18.5 Å². The van der Waals surface area contributed by atoms with E-state index in [9.17, 15) is 5.11 Å². The Morgan fingerprint density at radius 1 is 1.78 bits per heavy atom. The molecule has 0 spiro atoms. The minimum absolute atomic E-state index is 0.146. The summed E-state index contributed by atoms with van der Waals surface area (Å²) in [5.41, 5.74) is 0. The molecule has 4 nitrogen and oxygen atoms in total. The summed E-state index contributed by atoms with van der Waals surface area (Å²) in [6, 6.07) is 1.66. The maximum absolute atomic E-state index is 9.90. The molecule has 1 rings (SSSR count). The first-order valence-electron chi connectivity index (χ1n) is 2.66. The lowest BCUT2D eigenvalue weighted by Crippen LogP contribution is -2.04. The fraction of sp³-hybridized carbons (Fsp3) is 0.400. The third kappa shape index (κ3) is 1.73. The molecule has 1 radical (unpaired) electrons. The molecular formula is C5H7N2O2. The summed E-state index contributed by atoms with van der Waals surface area (Å²) in [6.07, 6.45) is 1.45. The van der Waals surface area contributed by atoms with E-state index in [-0.39, 0.29) is 6.61 Å². The molecule has 0 aromatic carbocycles. The van der Waals surface area contributed by atoms with Crippen LogP contribution in [0.4, 0.5) is 5.82 Å². The second kappa shape index (κ2) is 3.09. The Morgan fingerprint density at radius 2 is 2.67 bits per heavy atom. The van der Waals surface area contributed by atoms with Gasteiger partial charge >= 0.3 is 0 Å². The second-order valence-corrected chi connectivity index (χ2v) is 1.52. The van der Waals surface area contributed by atoms with Gasteiger partial charge in [0.15, 0.2) is 5.82 Å². The molecule has 0 aliphatic carbocycles. The fourth-order valence-electron chi connectivity index (χ4n) is 0.483. The summed E-state index contributed by atoms with van der Waals surface area (Å²) in [7, 11) is 0. The van der Waals surface area contributed by atoms with E-state index in [0.29, 0.717) is 12.4 Å². The van der Waals surface area contributed by atoms with E-state index in [4.69, 9.17) is 0 Å². The van der Waals surface area contributed by atoms with Crippen LogP contribution in [0.1, 0.15) is 0 Å². The van der Waals surface area contributed by atoms with Crippen LogP contribution in [0.3, 0.4) is 0 Å². The molecule has 1 aromatic heterocycles. The molecule has 1 N–H and O–H groups in total. The summed E-state index contributed by atoms with van der Waals surface area (Å²) < 4.78 is 4.50. The van der Waals surface area contributed by atoms with Crippen LogP contribution in [0, 0.1) is 0 Å². The molecule has 0 fully saturated rings. The van der Waals surface area contributed by atoms with Gasteiger partial charge in [-0.3, -0.25) is 0 Å². The van der Waals surface area contributed by atoms with Gasteiger partial charge in [0.2, 0.25) is 0 Å². The average Bonchev–Trinajstić information content (AvgIpc) is 2.34. The molecule has 1 heterocycles. The van der Waals surface area contributed by atoms with Crippen molar-refractivity contribution >= 4 is 5.82 Å². The van der Waals surface area contributed by atoms with E-state index in [1.165, 1.54) is 6.26 Å². The topological polar surface area (TPSA) is 58.0 Å². The minimum atomic E-state index is -0.146. The molecule has 0 amide bonds. The monoisotopic (exact) mass is 127 g/mol. The molecule has 0 saturated carbocycles. The Morgan fingerprint density at radius 3 is 3.22 bits per heavy atom. The Kier molecular flexibility index (Phi) is 2.09. The zero-order valence-corrected chi connectivity index (χ0v) is 4.83. The van der Waals surface area contributed by atoms with Gasteiger partial charge < -0.3 is 9.84 Å². The SMILES string of the molecule is [O]CCNc1ccon1. The molecule has 49 valence electrons. The predicted molar refractivity (Wildman–Crippen MR) is 30.5 cm³/mol. The highest BCUT2D eigenvalue weighted by atomic mass is 16.5. The normalized spacial score (nSPS) is 9.44. The number of aromatic nitrogens is 1. The van der Waals surface area contributed by atoms with Crippen molar-refractivity contribution in [2.45, 2.75) is 0 Å². The van der Waals surface area contributed by atoms with Crippen molar-refractivity contribution in [1.82, 2.24) is 5.16 Å². The maximum Gasteiger partial charge on any atom is 0.169 e. The molecular weight excluding hydrogens is 120 g/mol. The molecule has 0 bridgehead atoms. The first-order valence-corrected chi connectivity index (χ1v) is 2.66. The van der Waals surface area contributed by atoms with Crippen LogP contribution in [0.2, 0.25) is 0 Å². The zero-order chi connectivity index (χ0) is 6.53. The van der Waals surface area contributed by atoms with Gasteiger partial charge in [0.1, 0.15) is 6.26 Å². The van der Waals surface area contributed by atoms with Crippen LogP contribution >= 0.6 is 0 Å². The standard InChI is InChI=1S/C5H7N2O2/c8-3-2-6-5-1-4-9-7-5/h1,4H,2-3H2,(H,6,7). The van der Waals surface area contributed by atoms with Crippen LogP contribution in [0.15, 0.2) is 16.9 Å². The van der Waals surface area contributed by atoms with E-state index in [1.807, 2.05) is 0 Å². The maximum atomic E-state index is 9.90. The summed E-state index contributed by atoms with van der Waals surface area (Å²) in [5.74, 6) is 0.617. The number of nitrogens with zero attached hydrogens (tertiary/aromatic N) is 1. The smallest absolute Gasteiger partial charge is 0.169 e. The van der Waals surface area contributed by atoms with Crippen molar-refractivity contribution in [1.29, 1.82) is 0 Å². The average molecular weight is 127 g/mol. The van der Waals surface area contributed by atoms with Crippen LogP contribution in [0.5, 0.6) is 0 Å². The van der Waals surface area contributed by atoms with Gasteiger partial charge in [-0.1, -0.05) is 5.16 Å². The Balaban J connectivity index is 2.30. The van der Waals surface area contributed by atoms with Gasteiger partial charge in [0, 0.05) is 12.6 Å². The summed E-state index contributed by atoms with van der Waals surface area (Å²) >= 11 is 0. The van der Waals surface area contributed by atoms with Gasteiger partial charge in [-0.05, 0) is 0 Å². The van der Waals surface area contributed by atoms with Crippen LogP contribution in [-0.4, -0.2) is 18.3 Å². The van der Waals surface area contributed by atoms with Crippen LogP contribution in [0.25, 0.3) is 0 Å². The highest BCUT2D eigenvalue weighted by Gasteiger charge is 1.90. The first-order chi connectivity index (χ1) is 4.43. The molecule has 9 heavy (non-hydrogen) atoms. The van der Waals surface area contributed by atoms with E-state index in [2.05, 4.69) is 15.0 Å². The Hall–Kier alpha value is -1.03. The van der Waals surface area contributed by atoms with E-state index < -0.39 is 0 Å². The molecule has 0 atom stereocenters. The van der Waals surface area contributed by atoms with Gasteiger partial charge in [-0.15, -0.1) is 0 Å². The summed E-state index contributed by atoms with van der Waals surface area (Å²) in [4.78, 5) is 0. The second-order valence-electron chi connectivity index (χ2n) is 1.52. The molecule has 1 aromatic rings. The summed E-state index contributed by atoms with van der Waals surface area (Å²) in [5, 5.41) is 16.2. The highest BCUT2D eigenvalue weighted by Crippen LogP contribution is 1.98. The lowest BCUT2D eigenvalue weighted by Gasteiger charge is -1.93. The fourth-order valence-corrected chi connectivity index (χ4v) is 0.483. The largest absolute Gasteiger partial charge is 0.365 e. The Labute approximate surface area is 52.5 Å². The van der Waals surface area contributed by atoms with Crippen LogP contribution < -0.4 is 5.32 Å². The third-order valence-electron chi connectivity index (χ3n) is 0.846. The lowest BCUT2D eigenvalue weighted by molar-refractivity contribution is 0.206. The van der Waals surface area contributed by atoms with Crippen LogP contribution in [-0.2, 0) is 5.11 Å². The third-order valence-corrected chi connectivity index (χ3v) is 0.846. The van der Waals surface area contributed by atoms with Crippen molar-refractivity contribution < 1.29 is 9.63 Å². The number of rotatable bonds is 3. The number of hydrogen-bond donors (Lipinski definition) is 1. The molecule has 0 unspecified atom stereocenters. The van der Waals surface area contributed by atoms with Crippen molar-refractivity contribution in [2.24, 2.45) is 0 Å². The van der Waals surface area contributed by atoms with Gasteiger partial charge in [-0.25, -0.2) is 5.11 Å². The molecule has 0 aliphatic rings. The zero-order valence-electron chi connectivity index (χ0n) is 4.83. The van der Waals surface area contributed by atoms with Gasteiger partial charge in [0.05, 0.1) is 6.61 Å². The van der Waals surface area contributed by atoms with Gasteiger partial charge in [0.25, 0.3) is 0 Å². The van der Waals surface area contributed by atoms with E-state index in [0.717, 1.165) is 0 Å². The number of nitrogens with one attached hydrogen (secondary N) is 1. The molecule has 0 aliphatic heterocycles. The lowest BCUT2D eigenvalue weighted by atomic mass is 10.6. The van der Waals surface area contributed by atoms with Crippen molar-refractivity contribution in [3.8, 4) is 0 Å². The van der Waals surface area contributed by atoms with Gasteiger partial charge in [-0.2, -0.15) is 0 Å². The first kappa shape index (κ1) is 6.10.